The third-order valence-corrected chi connectivity index (χ3v) is 3.65. The number of nitrogens with two attached hydrogens (primary N) is 1. The molecule has 1 atom stereocenters. The molecular weight excluding hydrogens is 290 g/mol. The Bertz CT molecular complexity index is 653. The van der Waals surface area contributed by atoms with Crippen molar-refractivity contribution in [2.45, 2.75) is 24.3 Å². The van der Waals surface area contributed by atoms with E-state index in [2.05, 4.69) is 15.2 Å². The van der Waals surface area contributed by atoms with Crippen molar-refractivity contribution in [1.29, 1.82) is 0 Å². The molecule has 1 aromatic carbocycles. The number of rotatable bonds is 4. The summed E-state index contributed by atoms with van der Waals surface area (Å²) in [7, 11) is 0. The van der Waals surface area contributed by atoms with E-state index in [9.17, 15) is 9.59 Å². The molecule has 0 aliphatic rings. The minimum Gasteiger partial charge on any atom is -0.351 e. The third kappa shape index (κ3) is 4.06. The largest absolute Gasteiger partial charge is 0.351 e. The number of H-pyrrole nitrogens is 1. The van der Waals surface area contributed by atoms with Gasteiger partial charge in [-0.1, -0.05) is 41.6 Å². The van der Waals surface area contributed by atoms with Crippen molar-refractivity contribution < 1.29 is 9.59 Å². The van der Waals surface area contributed by atoms with Gasteiger partial charge in [-0.15, -0.1) is 5.10 Å². The fourth-order valence-electron chi connectivity index (χ4n) is 1.57. The van der Waals surface area contributed by atoms with Gasteiger partial charge >= 0.3 is 6.03 Å². The summed E-state index contributed by atoms with van der Waals surface area (Å²) in [4.78, 5) is 26.5. The Kier molecular flexibility index (Phi) is 4.59. The number of thioether (sulfide) groups is 1. The molecule has 2 aromatic rings. The molecule has 0 unspecified atom stereocenters. The molecule has 0 spiro atoms. The van der Waals surface area contributed by atoms with E-state index in [-0.39, 0.29) is 0 Å². The molecule has 0 aliphatic carbocycles. The second-order valence-electron chi connectivity index (χ2n) is 4.45. The lowest BCUT2D eigenvalue weighted by atomic mass is 10.1. The molecule has 8 heteroatoms. The Labute approximate surface area is 125 Å². The zero-order valence-electron chi connectivity index (χ0n) is 11.6. The lowest BCUT2D eigenvalue weighted by Gasteiger charge is -2.06. The van der Waals surface area contributed by atoms with Gasteiger partial charge in [0, 0.05) is 5.56 Å². The number of carbonyl (C=O) groups is 2. The summed E-state index contributed by atoms with van der Waals surface area (Å²) >= 11 is 1.14. The maximum atomic E-state index is 11.6. The third-order valence-electron chi connectivity index (χ3n) is 2.69. The molecule has 0 saturated heterocycles. The van der Waals surface area contributed by atoms with Crippen molar-refractivity contribution in [1.82, 2.24) is 20.5 Å². The number of urea groups is 1. The molecule has 1 heterocycles. The van der Waals surface area contributed by atoms with Gasteiger partial charge in [0.2, 0.25) is 11.1 Å². The van der Waals surface area contributed by atoms with Crippen LogP contribution in [0, 0.1) is 6.92 Å². The highest BCUT2D eigenvalue weighted by Crippen LogP contribution is 2.22. The summed E-state index contributed by atoms with van der Waals surface area (Å²) < 4.78 is 0. The highest BCUT2D eigenvalue weighted by molar-refractivity contribution is 8.00. The first-order chi connectivity index (χ1) is 9.95. The topological polar surface area (TPSA) is 114 Å². The van der Waals surface area contributed by atoms with Crippen molar-refractivity contribution in [2.75, 3.05) is 0 Å². The van der Waals surface area contributed by atoms with Gasteiger partial charge in [0.1, 0.15) is 0 Å². The molecule has 21 heavy (non-hydrogen) atoms. The quantitative estimate of drug-likeness (QED) is 0.740. The number of primary amides is 1. The van der Waals surface area contributed by atoms with E-state index >= 15 is 0 Å². The van der Waals surface area contributed by atoms with Crippen LogP contribution >= 0.6 is 11.8 Å². The SMILES string of the molecule is Cc1ccc(-c2nc(S[C@H](C)C(=O)NC(N)=O)n[nH]2)cc1. The molecule has 0 fully saturated rings. The predicted octanol–water partition coefficient (Wildman–Crippen LogP) is 1.46. The minimum atomic E-state index is -0.872. The summed E-state index contributed by atoms with van der Waals surface area (Å²) in [5.74, 6) is 0.147. The van der Waals surface area contributed by atoms with Gasteiger partial charge in [0.15, 0.2) is 5.82 Å². The minimum absolute atomic E-state index is 0.428. The number of hydrogen-bond acceptors (Lipinski definition) is 5. The number of aromatic nitrogens is 3. The van der Waals surface area contributed by atoms with Crippen LogP contribution in [0.25, 0.3) is 11.4 Å². The van der Waals surface area contributed by atoms with Gasteiger partial charge in [0.25, 0.3) is 0 Å². The van der Waals surface area contributed by atoms with Gasteiger partial charge in [-0.25, -0.2) is 9.78 Å². The molecule has 7 nitrogen and oxygen atoms in total. The van der Waals surface area contributed by atoms with Gasteiger partial charge < -0.3 is 5.73 Å². The smallest absolute Gasteiger partial charge is 0.318 e. The normalized spacial score (nSPS) is 11.9. The number of amides is 3. The number of aromatic amines is 1. The van der Waals surface area contributed by atoms with Crippen LogP contribution in [0.2, 0.25) is 0 Å². The zero-order valence-corrected chi connectivity index (χ0v) is 12.4. The first-order valence-corrected chi connectivity index (χ1v) is 7.10. The summed E-state index contributed by atoms with van der Waals surface area (Å²) in [6.45, 7) is 3.65. The average Bonchev–Trinajstić information content (AvgIpc) is 2.87. The monoisotopic (exact) mass is 305 g/mol. The van der Waals surface area contributed by atoms with E-state index < -0.39 is 17.2 Å². The lowest BCUT2D eigenvalue weighted by Crippen LogP contribution is -2.39. The van der Waals surface area contributed by atoms with Crippen LogP contribution in [-0.4, -0.2) is 32.4 Å². The second-order valence-corrected chi connectivity index (χ2v) is 5.75. The van der Waals surface area contributed by atoms with Gasteiger partial charge in [-0.05, 0) is 13.8 Å². The first-order valence-electron chi connectivity index (χ1n) is 6.22. The molecular formula is C13H15N5O2S. The number of imide groups is 1. The van der Waals surface area contributed by atoms with Gasteiger partial charge in [-0.2, -0.15) is 0 Å². The van der Waals surface area contributed by atoms with Crippen LogP contribution in [0.3, 0.4) is 0 Å². The summed E-state index contributed by atoms with van der Waals surface area (Å²) in [5, 5.41) is 8.79. The van der Waals surface area contributed by atoms with Crippen molar-refractivity contribution in [3.63, 3.8) is 0 Å². The highest BCUT2D eigenvalue weighted by Gasteiger charge is 2.18. The molecule has 4 N–H and O–H groups in total. The van der Waals surface area contributed by atoms with Crippen LogP contribution < -0.4 is 11.1 Å². The van der Waals surface area contributed by atoms with Crippen molar-refractivity contribution in [3.8, 4) is 11.4 Å². The van der Waals surface area contributed by atoms with E-state index in [0.29, 0.717) is 11.0 Å². The zero-order chi connectivity index (χ0) is 15.4. The summed E-state index contributed by atoms with van der Waals surface area (Å²) in [6, 6.07) is 6.96. The van der Waals surface area contributed by atoms with E-state index in [1.807, 2.05) is 36.5 Å². The Balaban J connectivity index is 2.04. The Morgan fingerprint density at radius 3 is 2.62 bits per heavy atom. The number of aryl methyl sites for hydroxylation is 1. The molecule has 1 aromatic heterocycles. The van der Waals surface area contributed by atoms with Gasteiger partial charge in [-0.3, -0.25) is 15.2 Å². The number of benzene rings is 1. The van der Waals surface area contributed by atoms with E-state index in [1.54, 1.807) is 6.92 Å². The number of nitrogens with zero attached hydrogens (tertiary/aromatic N) is 2. The molecule has 0 bridgehead atoms. The predicted molar refractivity (Wildman–Crippen MR) is 79.6 cm³/mol. The maximum absolute atomic E-state index is 11.6. The molecule has 110 valence electrons. The van der Waals surface area contributed by atoms with Crippen molar-refractivity contribution in [2.24, 2.45) is 5.73 Å². The second kappa shape index (κ2) is 6.40. The number of carbonyl (C=O) groups excluding carboxylic acids is 2. The van der Waals surface area contributed by atoms with E-state index in [0.717, 1.165) is 22.9 Å². The Hall–Kier alpha value is -2.35. The van der Waals surface area contributed by atoms with Crippen LogP contribution in [-0.2, 0) is 4.79 Å². The molecule has 3 amide bonds. The average molecular weight is 305 g/mol. The number of hydrogen-bond donors (Lipinski definition) is 3. The standard InChI is InChI=1S/C13H15N5O2S/c1-7-3-5-9(6-4-7)10-15-13(18-17-10)21-8(2)11(19)16-12(14)20/h3-6,8H,1-2H3,(H,15,17,18)(H3,14,16,19,20)/t8-/m1/s1. The summed E-state index contributed by atoms with van der Waals surface area (Å²) in [6.07, 6.45) is 0. The molecule has 0 radical (unpaired) electrons. The van der Waals surface area contributed by atoms with Gasteiger partial charge in [0.05, 0.1) is 5.25 Å². The number of nitrogens with one attached hydrogen (secondary N) is 2. The fourth-order valence-corrected chi connectivity index (χ4v) is 2.30. The van der Waals surface area contributed by atoms with Crippen LogP contribution in [0.15, 0.2) is 29.4 Å². The lowest BCUT2D eigenvalue weighted by molar-refractivity contribution is -0.119. The molecule has 0 saturated carbocycles. The van der Waals surface area contributed by atoms with Crippen LogP contribution in [0.4, 0.5) is 4.79 Å². The maximum Gasteiger partial charge on any atom is 0.318 e. The Morgan fingerprint density at radius 1 is 1.33 bits per heavy atom. The Morgan fingerprint density at radius 2 is 2.00 bits per heavy atom. The van der Waals surface area contributed by atoms with Crippen LogP contribution in [0.5, 0.6) is 0 Å². The summed E-state index contributed by atoms with van der Waals surface area (Å²) in [5.41, 5.74) is 6.97. The highest BCUT2D eigenvalue weighted by atomic mass is 32.2. The van der Waals surface area contributed by atoms with Crippen molar-refractivity contribution >= 4 is 23.7 Å². The van der Waals surface area contributed by atoms with Crippen molar-refractivity contribution in [3.05, 3.63) is 29.8 Å². The van der Waals surface area contributed by atoms with E-state index in [4.69, 9.17) is 5.73 Å². The van der Waals surface area contributed by atoms with Crippen LogP contribution in [0.1, 0.15) is 12.5 Å². The molecule has 2 rings (SSSR count). The fraction of sp³-hybridized carbons (Fsp3) is 0.231. The molecule has 0 aliphatic heterocycles. The first kappa shape index (κ1) is 15.0. The van der Waals surface area contributed by atoms with E-state index in [1.165, 1.54) is 0 Å².